The van der Waals surface area contributed by atoms with Crippen LogP contribution >= 0.6 is 11.8 Å². The van der Waals surface area contributed by atoms with Crippen LogP contribution in [-0.2, 0) is 11.8 Å². The summed E-state index contributed by atoms with van der Waals surface area (Å²) in [4.78, 5) is 4.02. The molecule has 0 bridgehead atoms. The molecule has 9 rings (SSSR count). The van der Waals surface area contributed by atoms with Crippen molar-refractivity contribution in [3.05, 3.63) is 166 Å². The van der Waals surface area contributed by atoms with E-state index in [2.05, 4.69) is 146 Å². The highest BCUT2D eigenvalue weighted by Crippen LogP contribution is 2.53. The van der Waals surface area contributed by atoms with Gasteiger partial charge in [0.15, 0.2) is 0 Å². The van der Waals surface area contributed by atoms with Crippen LogP contribution in [0.2, 0.25) is 0 Å². The van der Waals surface area contributed by atoms with E-state index in [0.29, 0.717) is 11.2 Å². The van der Waals surface area contributed by atoms with Gasteiger partial charge in [0.05, 0.1) is 0 Å². The van der Waals surface area contributed by atoms with Gasteiger partial charge in [0.1, 0.15) is 0 Å². The van der Waals surface area contributed by atoms with Crippen LogP contribution in [0.1, 0.15) is 66.8 Å². The van der Waals surface area contributed by atoms with Crippen molar-refractivity contribution in [2.24, 2.45) is 0 Å². The molecule has 2 heteroatoms. The molecule has 0 N–H and O–H groups in total. The van der Waals surface area contributed by atoms with E-state index in [-0.39, 0.29) is 5.41 Å². The van der Waals surface area contributed by atoms with E-state index in [4.69, 9.17) is 0 Å². The summed E-state index contributed by atoms with van der Waals surface area (Å²) in [6.07, 6.45) is 20.8. The van der Waals surface area contributed by atoms with Crippen molar-refractivity contribution >= 4 is 29.2 Å². The third kappa shape index (κ3) is 4.22. The second-order valence-corrected chi connectivity index (χ2v) is 14.7. The van der Waals surface area contributed by atoms with E-state index in [1.165, 1.54) is 72.1 Å². The lowest BCUT2D eigenvalue weighted by molar-refractivity contribution is 0.660. The van der Waals surface area contributed by atoms with Crippen molar-refractivity contribution in [1.82, 2.24) is 0 Å². The predicted molar refractivity (Wildman–Crippen MR) is 191 cm³/mol. The molecule has 45 heavy (non-hydrogen) atoms. The number of hydrogen-bond acceptors (Lipinski definition) is 2. The SMILES string of the molecule is CC1(C)c2ccccc2-c2ccc(N(C3=CC=C(C4=CC=CC5c6ccccc6SC45)CC3)c3cccc4c3CCC=C4)cc21. The van der Waals surface area contributed by atoms with Crippen LogP contribution in [0.5, 0.6) is 0 Å². The van der Waals surface area contributed by atoms with Crippen LogP contribution in [-0.4, -0.2) is 5.25 Å². The molecule has 0 fully saturated rings. The molecule has 4 aromatic rings. The average Bonchev–Trinajstić information content (AvgIpc) is 3.58. The Morgan fingerprint density at radius 2 is 1.64 bits per heavy atom. The Hall–Kier alpha value is -4.27. The first-order valence-corrected chi connectivity index (χ1v) is 17.3. The first-order valence-electron chi connectivity index (χ1n) is 16.4. The Morgan fingerprint density at radius 1 is 0.778 bits per heavy atom. The molecule has 0 amide bonds. The molecule has 0 aromatic heterocycles. The molecule has 2 unspecified atom stereocenters. The number of benzene rings is 4. The highest BCUT2D eigenvalue weighted by molar-refractivity contribution is 8.00. The fourth-order valence-corrected chi connectivity index (χ4v) is 9.89. The highest BCUT2D eigenvalue weighted by Gasteiger charge is 2.38. The number of anilines is 2. The summed E-state index contributed by atoms with van der Waals surface area (Å²) < 4.78 is 0. The largest absolute Gasteiger partial charge is 0.314 e. The maximum absolute atomic E-state index is 2.59. The standard InChI is InChI=1S/C43H37NS/c1-43(2)38-18-7-5-14-34(38)35-26-25-31(27-39(35)43)44(40-19-9-12-28-11-3-4-13-32(28)40)30-23-21-29(22-24-30)33-16-10-17-37-36-15-6-8-20-41(36)45-42(33)37/h3,5-12,14-21,23,25-27,37,42H,4,13,22,24H2,1-2H3. The Labute approximate surface area is 271 Å². The van der Waals surface area contributed by atoms with Crippen molar-refractivity contribution in [3.63, 3.8) is 0 Å². The Morgan fingerprint density at radius 3 is 2.56 bits per heavy atom. The summed E-state index contributed by atoms with van der Waals surface area (Å²) in [7, 11) is 0. The van der Waals surface area contributed by atoms with Crippen LogP contribution < -0.4 is 4.90 Å². The first-order chi connectivity index (χ1) is 22.1. The molecule has 1 nitrogen and oxygen atoms in total. The van der Waals surface area contributed by atoms with Crippen molar-refractivity contribution in [2.75, 3.05) is 4.90 Å². The average molecular weight is 600 g/mol. The topological polar surface area (TPSA) is 3.24 Å². The summed E-state index contributed by atoms with van der Waals surface area (Å²) in [6.45, 7) is 4.77. The number of hydrogen-bond donors (Lipinski definition) is 0. The maximum Gasteiger partial charge on any atom is 0.0496 e. The van der Waals surface area contributed by atoms with Gasteiger partial charge in [-0.1, -0.05) is 111 Å². The summed E-state index contributed by atoms with van der Waals surface area (Å²) in [5.74, 6) is 0.469. The van der Waals surface area contributed by atoms with E-state index in [0.717, 1.165) is 25.7 Å². The smallest absolute Gasteiger partial charge is 0.0496 e. The summed E-state index contributed by atoms with van der Waals surface area (Å²) in [5, 5.41) is 0.471. The molecular formula is C43H37NS. The molecule has 0 saturated carbocycles. The van der Waals surface area contributed by atoms with Crippen LogP contribution in [0.4, 0.5) is 11.4 Å². The number of allylic oxidation sites excluding steroid dienone is 8. The minimum atomic E-state index is -0.0332. The molecule has 1 heterocycles. The van der Waals surface area contributed by atoms with E-state index in [9.17, 15) is 0 Å². The van der Waals surface area contributed by atoms with Crippen molar-refractivity contribution in [1.29, 1.82) is 0 Å². The van der Waals surface area contributed by atoms with E-state index < -0.39 is 0 Å². The lowest BCUT2D eigenvalue weighted by Crippen LogP contribution is -2.22. The van der Waals surface area contributed by atoms with Crippen LogP contribution in [0.15, 0.2) is 143 Å². The quantitative estimate of drug-likeness (QED) is 0.230. The van der Waals surface area contributed by atoms with Gasteiger partial charge >= 0.3 is 0 Å². The molecule has 0 radical (unpaired) electrons. The highest BCUT2D eigenvalue weighted by atomic mass is 32.2. The Balaban J connectivity index is 1.14. The zero-order valence-corrected chi connectivity index (χ0v) is 26.8. The van der Waals surface area contributed by atoms with Gasteiger partial charge in [0, 0.05) is 38.6 Å². The molecule has 0 spiro atoms. The van der Waals surface area contributed by atoms with Gasteiger partial charge in [0.25, 0.3) is 0 Å². The minimum absolute atomic E-state index is 0.0332. The number of thioether (sulfide) groups is 1. The molecule has 4 aromatic carbocycles. The van der Waals surface area contributed by atoms with E-state index in [1.54, 1.807) is 0 Å². The zero-order valence-electron chi connectivity index (χ0n) is 26.0. The summed E-state index contributed by atoms with van der Waals surface area (Å²) in [6, 6.07) is 32.0. The van der Waals surface area contributed by atoms with Gasteiger partial charge in [-0.15, -0.1) is 11.8 Å². The molecule has 2 atom stereocenters. The molecule has 220 valence electrons. The van der Waals surface area contributed by atoms with Crippen LogP contribution in [0.3, 0.4) is 0 Å². The molecular weight excluding hydrogens is 563 g/mol. The Kier molecular flexibility index (Phi) is 6.25. The lowest BCUT2D eigenvalue weighted by atomic mass is 9.82. The molecule has 5 aliphatic rings. The number of nitrogens with zero attached hydrogens (tertiary/aromatic N) is 1. The molecule has 1 aliphatic heterocycles. The van der Waals surface area contributed by atoms with Crippen molar-refractivity contribution in [3.8, 4) is 11.1 Å². The Bertz CT molecular complexity index is 2030. The lowest BCUT2D eigenvalue weighted by Gasteiger charge is -2.34. The molecule has 4 aliphatic carbocycles. The van der Waals surface area contributed by atoms with Gasteiger partial charge in [0.2, 0.25) is 0 Å². The fraction of sp³-hybridized carbons (Fsp3) is 0.209. The van der Waals surface area contributed by atoms with E-state index >= 15 is 0 Å². The monoisotopic (exact) mass is 599 g/mol. The molecule has 0 saturated heterocycles. The van der Waals surface area contributed by atoms with Crippen LogP contribution in [0, 0.1) is 0 Å². The fourth-order valence-electron chi connectivity index (χ4n) is 8.37. The number of rotatable bonds is 4. The van der Waals surface area contributed by atoms with Gasteiger partial charge in [-0.2, -0.15) is 0 Å². The van der Waals surface area contributed by atoms with Crippen LogP contribution in [0.25, 0.3) is 17.2 Å². The van der Waals surface area contributed by atoms with Gasteiger partial charge in [-0.3, -0.25) is 0 Å². The van der Waals surface area contributed by atoms with Crippen molar-refractivity contribution < 1.29 is 0 Å². The summed E-state index contributed by atoms with van der Waals surface area (Å²) >= 11 is 2.05. The minimum Gasteiger partial charge on any atom is -0.314 e. The third-order valence-electron chi connectivity index (χ3n) is 10.7. The van der Waals surface area contributed by atoms with Gasteiger partial charge < -0.3 is 4.90 Å². The number of fused-ring (bicyclic) bond motifs is 7. The second-order valence-electron chi connectivity index (χ2n) is 13.5. The predicted octanol–water partition coefficient (Wildman–Crippen LogP) is 11.4. The maximum atomic E-state index is 2.59. The van der Waals surface area contributed by atoms with E-state index in [1.807, 2.05) is 11.8 Å². The normalized spacial score (nSPS) is 21.5. The third-order valence-corrected chi connectivity index (χ3v) is 12.1. The first kappa shape index (κ1) is 27.1. The second kappa shape index (κ2) is 10.4. The van der Waals surface area contributed by atoms with Crippen molar-refractivity contribution in [2.45, 2.75) is 61.0 Å². The summed E-state index contributed by atoms with van der Waals surface area (Å²) in [5.41, 5.74) is 16.8. The van der Waals surface area contributed by atoms with Gasteiger partial charge in [-0.25, -0.2) is 0 Å². The van der Waals surface area contributed by atoms with Gasteiger partial charge in [-0.05, 0) is 106 Å². The zero-order chi connectivity index (χ0) is 30.1.